The van der Waals surface area contributed by atoms with Gasteiger partial charge in [0, 0.05) is 43.3 Å². The third-order valence-electron chi connectivity index (χ3n) is 4.56. The summed E-state index contributed by atoms with van der Waals surface area (Å²) in [5, 5.41) is 0. The van der Waals surface area contributed by atoms with Crippen LogP contribution in [0.3, 0.4) is 0 Å². The first-order valence-corrected chi connectivity index (χ1v) is 8.21. The van der Waals surface area contributed by atoms with E-state index >= 15 is 0 Å². The predicted molar refractivity (Wildman–Crippen MR) is 89.3 cm³/mol. The molecule has 0 aliphatic carbocycles. The minimum atomic E-state index is 0.0927. The Morgan fingerprint density at radius 2 is 1.64 bits per heavy atom. The van der Waals surface area contributed by atoms with Gasteiger partial charge in [-0.1, -0.05) is 0 Å². The molecule has 4 nitrogen and oxygen atoms in total. The summed E-state index contributed by atoms with van der Waals surface area (Å²) in [6.45, 7) is 9.04. The van der Waals surface area contributed by atoms with E-state index < -0.39 is 0 Å². The lowest BCUT2D eigenvalue weighted by Gasteiger charge is -2.35. The van der Waals surface area contributed by atoms with Crippen LogP contribution in [0.15, 0.2) is 24.3 Å². The smallest absolute Gasteiger partial charge is 0.225 e. The second kappa shape index (κ2) is 7.43. The highest BCUT2D eigenvalue weighted by Gasteiger charge is 2.27. The Morgan fingerprint density at radius 1 is 1.09 bits per heavy atom. The SMILES string of the molecule is CCN(CC)C(=O)C1CCN(c2ccc(C(C)=O)cc2)CC1. The van der Waals surface area contributed by atoms with Crippen molar-refractivity contribution in [2.24, 2.45) is 5.92 Å². The molecule has 0 N–H and O–H groups in total. The maximum absolute atomic E-state index is 12.4. The number of ketones is 1. The second-order valence-corrected chi connectivity index (χ2v) is 5.87. The standard InChI is InChI=1S/C18H26N2O2/c1-4-19(5-2)18(22)16-10-12-20(13-11-16)17-8-6-15(7-9-17)14(3)21/h6-9,16H,4-5,10-13H2,1-3H3. The molecule has 1 saturated heterocycles. The van der Waals surface area contributed by atoms with Crippen molar-refractivity contribution in [3.8, 4) is 0 Å². The molecule has 1 aromatic rings. The average molecular weight is 302 g/mol. The van der Waals surface area contributed by atoms with Gasteiger partial charge >= 0.3 is 0 Å². The Balaban J connectivity index is 1.94. The number of carbonyl (C=O) groups excluding carboxylic acids is 2. The maximum atomic E-state index is 12.4. The van der Waals surface area contributed by atoms with Crippen LogP contribution in [0.4, 0.5) is 5.69 Å². The van der Waals surface area contributed by atoms with E-state index in [1.165, 1.54) is 0 Å². The van der Waals surface area contributed by atoms with Gasteiger partial charge in [-0.15, -0.1) is 0 Å². The number of nitrogens with zero attached hydrogens (tertiary/aromatic N) is 2. The molecule has 0 spiro atoms. The first kappa shape index (κ1) is 16.5. The number of Topliss-reactive ketones (excluding diaryl/α,β-unsaturated/α-hetero) is 1. The molecule has 2 rings (SSSR count). The zero-order chi connectivity index (χ0) is 16.1. The zero-order valence-corrected chi connectivity index (χ0v) is 13.8. The molecule has 0 saturated carbocycles. The third-order valence-corrected chi connectivity index (χ3v) is 4.56. The summed E-state index contributed by atoms with van der Waals surface area (Å²) < 4.78 is 0. The van der Waals surface area contributed by atoms with Crippen LogP contribution in [-0.2, 0) is 4.79 Å². The summed E-state index contributed by atoms with van der Waals surface area (Å²) in [7, 11) is 0. The van der Waals surface area contributed by atoms with Crippen molar-refractivity contribution in [1.82, 2.24) is 4.90 Å². The van der Waals surface area contributed by atoms with Gasteiger partial charge in [0.1, 0.15) is 0 Å². The van der Waals surface area contributed by atoms with Crippen molar-refractivity contribution in [3.63, 3.8) is 0 Å². The monoisotopic (exact) mass is 302 g/mol. The van der Waals surface area contributed by atoms with Gasteiger partial charge in [-0.05, 0) is 57.9 Å². The van der Waals surface area contributed by atoms with Gasteiger partial charge in [-0.25, -0.2) is 0 Å². The number of amides is 1. The highest BCUT2D eigenvalue weighted by Crippen LogP contribution is 2.25. The van der Waals surface area contributed by atoms with E-state index in [2.05, 4.69) is 4.90 Å². The number of rotatable bonds is 5. The molecule has 22 heavy (non-hydrogen) atoms. The van der Waals surface area contributed by atoms with Crippen molar-refractivity contribution >= 4 is 17.4 Å². The normalized spacial score (nSPS) is 15.7. The summed E-state index contributed by atoms with van der Waals surface area (Å²) >= 11 is 0. The van der Waals surface area contributed by atoms with Gasteiger partial charge in [0.05, 0.1) is 0 Å². The Hall–Kier alpha value is -1.84. The zero-order valence-electron chi connectivity index (χ0n) is 13.8. The van der Waals surface area contributed by atoms with E-state index in [-0.39, 0.29) is 11.7 Å². The van der Waals surface area contributed by atoms with Gasteiger partial charge < -0.3 is 9.80 Å². The lowest BCUT2D eigenvalue weighted by Crippen LogP contribution is -2.42. The molecule has 1 aliphatic heterocycles. The molecule has 0 unspecified atom stereocenters. The average Bonchev–Trinajstić information content (AvgIpc) is 2.56. The molecule has 1 heterocycles. The van der Waals surface area contributed by atoms with Crippen LogP contribution in [0.5, 0.6) is 0 Å². The van der Waals surface area contributed by atoms with Crippen molar-refractivity contribution in [2.75, 3.05) is 31.1 Å². The van der Waals surface area contributed by atoms with Crippen LogP contribution in [0.25, 0.3) is 0 Å². The van der Waals surface area contributed by atoms with Crippen LogP contribution in [0, 0.1) is 5.92 Å². The molecule has 0 bridgehead atoms. The van der Waals surface area contributed by atoms with E-state index in [9.17, 15) is 9.59 Å². The highest BCUT2D eigenvalue weighted by molar-refractivity contribution is 5.94. The Kier molecular flexibility index (Phi) is 5.58. The van der Waals surface area contributed by atoms with Crippen molar-refractivity contribution in [3.05, 3.63) is 29.8 Å². The number of carbonyl (C=O) groups is 2. The summed E-state index contributed by atoms with van der Waals surface area (Å²) in [6, 6.07) is 7.77. The van der Waals surface area contributed by atoms with Crippen LogP contribution < -0.4 is 4.90 Å². The van der Waals surface area contributed by atoms with Crippen molar-refractivity contribution < 1.29 is 9.59 Å². The molecule has 0 atom stereocenters. The van der Waals surface area contributed by atoms with Gasteiger partial charge in [0.15, 0.2) is 5.78 Å². The summed E-state index contributed by atoms with van der Waals surface area (Å²) in [6.07, 6.45) is 1.81. The number of benzene rings is 1. The van der Waals surface area contributed by atoms with Crippen LogP contribution >= 0.6 is 0 Å². The first-order valence-electron chi connectivity index (χ1n) is 8.21. The first-order chi connectivity index (χ1) is 10.6. The third kappa shape index (κ3) is 3.67. The van der Waals surface area contributed by atoms with Gasteiger partial charge in [0.25, 0.3) is 0 Å². The topological polar surface area (TPSA) is 40.6 Å². The lowest BCUT2D eigenvalue weighted by molar-refractivity contribution is -0.135. The molecule has 1 aromatic carbocycles. The van der Waals surface area contributed by atoms with E-state index in [4.69, 9.17) is 0 Å². The van der Waals surface area contributed by atoms with E-state index in [1.807, 2.05) is 43.0 Å². The van der Waals surface area contributed by atoms with Gasteiger partial charge in [-0.3, -0.25) is 9.59 Å². The Morgan fingerprint density at radius 3 is 2.09 bits per heavy atom. The molecular formula is C18H26N2O2. The van der Waals surface area contributed by atoms with Crippen LogP contribution in [0.1, 0.15) is 44.0 Å². The fourth-order valence-corrected chi connectivity index (χ4v) is 3.09. The fourth-order valence-electron chi connectivity index (χ4n) is 3.09. The fraction of sp³-hybridized carbons (Fsp3) is 0.556. The molecule has 4 heteroatoms. The van der Waals surface area contributed by atoms with Crippen molar-refractivity contribution in [2.45, 2.75) is 33.6 Å². The Labute approximate surface area is 133 Å². The van der Waals surface area contributed by atoms with Crippen LogP contribution in [-0.4, -0.2) is 42.8 Å². The molecule has 1 aliphatic rings. The lowest BCUT2D eigenvalue weighted by atomic mass is 9.94. The number of hydrogen-bond donors (Lipinski definition) is 0. The van der Waals surface area contributed by atoms with Gasteiger partial charge in [-0.2, -0.15) is 0 Å². The molecular weight excluding hydrogens is 276 g/mol. The van der Waals surface area contributed by atoms with E-state index in [1.54, 1.807) is 6.92 Å². The second-order valence-electron chi connectivity index (χ2n) is 5.87. The summed E-state index contributed by atoms with van der Waals surface area (Å²) in [4.78, 5) is 27.9. The number of anilines is 1. The van der Waals surface area contributed by atoms with E-state index in [0.717, 1.165) is 50.3 Å². The summed E-state index contributed by atoms with van der Waals surface area (Å²) in [5.74, 6) is 0.555. The molecule has 0 aromatic heterocycles. The van der Waals surface area contributed by atoms with Gasteiger partial charge in [0.2, 0.25) is 5.91 Å². The molecule has 1 amide bonds. The Bertz CT molecular complexity index is 512. The molecule has 0 radical (unpaired) electrons. The number of piperidine rings is 1. The summed E-state index contributed by atoms with van der Waals surface area (Å²) in [5.41, 5.74) is 1.88. The number of hydrogen-bond acceptors (Lipinski definition) is 3. The van der Waals surface area contributed by atoms with Crippen molar-refractivity contribution in [1.29, 1.82) is 0 Å². The largest absolute Gasteiger partial charge is 0.371 e. The minimum Gasteiger partial charge on any atom is -0.371 e. The maximum Gasteiger partial charge on any atom is 0.225 e. The molecule has 120 valence electrons. The van der Waals surface area contributed by atoms with Crippen LogP contribution in [0.2, 0.25) is 0 Å². The minimum absolute atomic E-state index is 0.0927. The predicted octanol–water partition coefficient (Wildman–Crippen LogP) is 2.97. The highest BCUT2D eigenvalue weighted by atomic mass is 16.2. The quantitative estimate of drug-likeness (QED) is 0.785. The van der Waals surface area contributed by atoms with E-state index in [0.29, 0.717) is 5.91 Å². The molecule has 1 fully saturated rings.